The molecule has 0 aromatic heterocycles. The average molecular weight is 329 g/mol. The quantitative estimate of drug-likeness (QED) is 0.812. The fourth-order valence-electron chi connectivity index (χ4n) is 2.49. The molecule has 5 heteroatoms. The molecule has 5 nitrogen and oxygen atoms in total. The van der Waals surface area contributed by atoms with E-state index in [9.17, 15) is 4.79 Å². The molecule has 0 fully saturated rings. The van der Waals surface area contributed by atoms with E-state index in [0.29, 0.717) is 23.7 Å². The summed E-state index contributed by atoms with van der Waals surface area (Å²) in [5.41, 5.74) is 3.10. The largest absolute Gasteiger partial charge is 0.497 e. The van der Waals surface area contributed by atoms with Crippen molar-refractivity contribution >= 4 is 11.6 Å². The van der Waals surface area contributed by atoms with E-state index in [1.807, 2.05) is 7.05 Å². The number of hydrogen-bond acceptors (Lipinski definition) is 3. The van der Waals surface area contributed by atoms with Crippen LogP contribution in [0, 0.1) is 6.92 Å². The van der Waals surface area contributed by atoms with E-state index in [2.05, 4.69) is 36.5 Å². The number of nitrogens with one attached hydrogen (secondary N) is 2. The highest BCUT2D eigenvalue weighted by atomic mass is 16.5. The molecule has 0 bridgehead atoms. The van der Waals surface area contributed by atoms with Gasteiger partial charge in [-0.15, -0.1) is 0 Å². The zero-order valence-corrected chi connectivity index (χ0v) is 14.7. The zero-order chi connectivity index (χ0) is 17.5. The summed E-state index contributed by atoms with van der Waals surface area (Å²) in [6, 6.07) is 13.7. The lowest BCUT2D eigenvalue weighted by atomic mass is 10.1. The van der Waals surface area contributed by atoms with Crippen molar-refractivity contribution in [2.45, 2.75) is 13.5 Å². The summed E-state index contributed by atoms with van der Waals surface area (Å²) in [6.07, 6.45) is 0. The first-order valence-corrected chi connectivity index (χ1v) is 7.90. The molecule has 0 aliphatic rings. The molecule has 0 spiro atoms. The van der Waals surface area contributed by atoms with Gasteiger partial charge in [0.15, 0.2) is 6.54 Å². The van der Waals surface area contributed by atoms with Gasteiger partial charge in [-0.3, -0.25) is 4.79 Å². The molecule has 0 heterocycles. The fraction of sp³-hybridized carbons (Fsp3) is 0.316. The molecule has 2 N–H and O–H groups in total. The SMILES string of the molecule is COc1ccc(NC(=O)C[NH+](C)Cc2ccc(C)cc2)c(OC)c1. The van der Waals surface area contributed by atoms with Gasteiger partial charge in [0, 0.05) is 11.6 Å². The first-order valence-electron chi connectivity index (χ1n) is 7.90. The highest BCUT2D eigenvalue weighted by molar-refractivity contribution is 5.93. The van der Waals surface area contributed by atoms with Crippen molar-refractivity contribution in [3.8, 4) is 11.5 Å². The highest BCUT2D eigenvalue weighted by Crippen LogP contribution is 2.28. The van der Waals surface area contributed by atoms with E-state index >= 15 is 0 Å². The molecule has 0 saturated carbocycles. The second-order valence-electron chi connectivity index (χ2n) is 5.91. The van der Waals surface area contributed by atoms with Gasteiger partial charge in [-0.25, -0.2) is 0 Å². The van der Waals surface area contributed by atoms with Gasteiger partial charge in [0.05, 0.1) is 27.0 Å². The predicted octanol–water partition coefficient (Wildman–Crippen LogP) is 1.67. The third-order valence-electron chi connectivity index (χ3n) is 3.77. The van der Waals surface area contributed by atoms with Crippen molar-refractivity contribution in [1.82, 2.24) is 0 Å². The van der Waals surface area contributed by atoms with Gasteiger partial charge >= 0.3 is 0 Å². The number of ether oxygens (including phenoxy) is 2. The molecule has 128 valence electrons. The Morgan fingerprint density at radius 1 is 1.08 bits per heavy atom. The van der Waals surface area contributed by atoms with Crippen molar-refractivity contribution in [1.29, 1.82) is 0 Å². The maximum Gasteiger partial charge on any atom is 0.279 e. The van der Waals surface area contributed by atoms with Crippen molar-refractivity contribution in [2.24, 2.45) is 0 Å². The number of aryl methyl sites for hydroxylation is 1. The van der Waals surface area contributed by atoms with Crippen LogP contribution < -0.4 is 19.7 Å². The van der Waals surface area contributed by atoms with Gasteiger partial charge in [0.1, 0.15) is 18.0 Å². The summed E-state index contributed by atoms with van der Waals surface area (Å²) < 4.78 is 10.5. The Hall–Kier alpha value is -2.53. The van der Waals surface area contributed by atoms with Gasteiger partial charge in [0.25, 0.3) is 5.91 Å². The molecule has 2 aromatic carbocycles. The average Bonchev–Trinajstić information content (AvgIpc) is 2.57. The molecule has 2 aromatic rings. The van der Waals surface area contributed by atoms with Crippen LogP contribution in [0.25, 0.3) is 0 Å². The molecule has 0 aliphatic carbocycles. The summed E-state index contributed by atoms with van der Waals surface area (Å²) >= 11 is 0. The Labute approximate surface area is 143 Å². The lowest BCUT2D eigenvalue weighted by Gasteiger charge is -2.15. The summed E-state index contributed by atoms with van der Waals surface area (Å²) in [4.78, 5) is 13.4. The van der Waals surface area contributed by atoms with Gasteiger partial charge in [-0.1, -0.05) is 29.8 Å². The number of amides is 1. The van der Waals surface area contributed by atoms with Crippen molar-refractivity contribution in [3.05, 3.63) is 53.6 Å². The molecule has 0 radical (unpaired) electrons. The van der Waals surface area contributed by atoms with E-state index in [1.165, 1.54) is 11.1 Å². The number of hydrogen-bond donors (Lipinski definition) is 2. The van der Waals surface area contributed by atoms with Crippen LogP contribution in [0.3, 0.4) is 0 Å². The van der Waals surface area contributed by atoms with Crippen LogP contribution >= 0.6 is 0 Å². The Kier molecular flexibility index (Phi) is 6.21. The van der Waals surface area contributed by atoms with E-state index in [0.717, 1.165) is 11.4 Å². The minimum absolute atomic E-state index is 0.0527. The summed E-state index contributed by atoms with van der Waals surface area (Å²) in [5, 5.41) is 2.90. The number of benzene rings is 2. The fourth-order valence-corrected chi connectivity index (χ4v) is 2.49. The first kappa shape index (κ1) is 17.8. The van der Waals surface area contributed by atoms with Crippen LogP contribution in [-0.4, -0.2) is 33.7 Å². The second-order valence-corrected chi connectivity index (χ2v) is 5.91. The molecule has 1 unspecified atom stereocenters. The third kappa shape index (κ3) is 4.99. The third-order valence-corrected chi connectivity index (χ3v) is 3.77. The van der Waals surface area contributed by atoms with Crippen LogP contribution in [0.15, 0.2) is 42.5 Å². The Morgan fingerprint density at radius 2 is 1.79 bits per heavy atom. The van der Waals surface area contributed by atoms with Crippen molar-refractivity contribution < 1.29 is 19.2 Å². The second kappa shape index (κ2) is 8.36. The number of likely N-dealkylation sites (N-methyl/N-ethyl adjacent to an activating group) is 1. The molecule has 0 aliphatic heterocycles. The number of quaternary nitrogens is 1. The molecule has 1 atom stereocenters. The van der Waals surface area contributed by atoms with Crippen LogP contribution in [0.4, 0.5) is 5.69 Å². The lowest BCUT2D eigenvalue weighted by Crippen LogP contribution is -3.08. The van der Waals surface area contributed by atoms with E-state index in [4.69, 9.17) is 9.47 Å². The van der Waals surface area contributed by atoms with Crippen molar-refractivity contribution in [2.75, 3.05) is 33.1 Å². The first-order chi connectivity index (χ1) is 11.5. The summed E-state index contributed by atoms with van der Waals surface area (Å²) in [7, 11) is 5.17. The molecular formula is C19H25N2O3+. The number of methoxy groups -OCH3 is 2. The van der Waals surface area contributed by atoms with Gasteiger partial charge in [-0.05, 0) is 19.1 Å². The highest BCUT2D eigenvalue weighted by Gasteiger charge is 2.13. The van der Waals surface area contributed by atoms with Crippen LogP contribution in [0.1, 0.15) is 11.1 Å². The van der Waals surface area contributed by atoms with E-state index in [1.54, 1.807) is 32.4 Å². The number of carbonyl (C=O) groups is 1. The minimum atomic E-state index is -0.0527. The van der Waals surface area contributed by atoms with Crippen LogP contribution in [-0.2, 0) is 11.3 Å². The smallest absolute Gasteiger partial charge is 0.279 e. The summed E-state index contributed by atoms with van der Waals surface area (Å²) in [5.74, 6) is 1.22. The molecule has 0 saturated heterocycles. The van der Waals surface area contributed by atoms with Gasteiger partial charge in [0.2, 0.25) is 0 Å². The van der Waals surface area contributed by atoms with E-state index in [-0.39, 0.29) is 5.91 Å². The lowest BCUT2D eigenvalue weighted by molar-refractivity contribution is -0.885. The topological polar surface area (TPSA) is 52.0 Å². The monoisotopic (exact) mass is 329 g/mol. The van der Waals surface area contributed by atoms with Crippen LogP contribution in [0.5, 0.6) is 11.5 Å². The Balaban J connectivity index is 1.93. The predicted molar refractivity (Wildman–Crippen MR) is 94.8 cm³/mol. The molecule has 2 rings (SSSR count). The Bertz CT molecular complexity index is 684. The van der Waals surface area contributed by atoms with Gasteiger partial charge in [-0.2, -0.15) is 0 Å². The van der Waals surface area contributed by atoms with Gasteiger partial charge < -0.3 is 19.7 Å². The molecular weight excluding hydrogens is 304 g/mol. The Morgan fingerprint density at radius 3 is 2.42 bits per heavy atom. The normalized spacial score (nSPS) is 11.7. The number of rotatable bonds is 7. The molecule has 1 amide bonds. The standard InChI is InChI=1S/C19H24N2O3/c1-14-5-7-15(8-6-14)12-21(2)13-19(22)20-17-10-9-16(23-3)11-18(17)24-4/h5-11H,12-13H2,1-4H3,(H,20,22)/p+1. The summed E-state index contributed by atoms with van der Waals surface area (Å²) in [6.45, 7) is 3.24. The number of carbonyl (C=O) groups excluding carboxylic acids is 1. The van der Waals surface area contributed by atoms with Crippen LogP contribution in [0.2, 0.25) is 0 Å². The maximum atomic E-state index is 12.3. The number of anilines is 1. The maximum absolute atomic E-state index is 12.3. The van der Waals surface area contributed by atoms with Crippen molar-refractivity contribution in [3.63, 3.8) is 0 Å². The minimum Gasteiger partial charge on any atom is -0.497 e. The molecule has 24 heavy (non-hydrogen) atoms. The zero-order valence-electron chi connectivity index (χ0n) is 14.7. The van der Waals surface area contributed by atoms with E-state index < -0.39 is 0 Å².